The normalized spacial score (nSPS) is 20.4. The summed E-state index contributed by atoms with van der Waals surface area (Å²) in [6.45, 7) is 4.89. The lowest BCUT2D eigenvalue weighted by atomic mass is 9.73. The molecule has 0 bridgehead atoms. The molecule has 0 saturated carbocycles. The maximum absolute atomic E-state index is 5.35. The summed E-state index contributed by atoms with van der Waals surface area (Å²) in [7, 11) is 0. The molecule has 7 aromatic rings. The Morgan fingerprint density at radius 1 is 0.608 bits per heavy atom. The minimum Gasteiger partial charge on any atom is -0.340 e. The van der Waals surface area contributed by atoms with Crippen molar-refractivity contribution in [1.29, 1.82) is 0 Å². The minimum absolute atomic E-state index is 0.0726. The van der Waals surface area contributed by atoms with Gasteiger partial charge in [0.05, 0.1) is 6.04 Å². The van der Waals surface area contributed by atoms with Crippen LogP contribution < -0.4 is 5.32 Å². The van der Waals surface area contributed by atoms with Gasteiger partial charge in [-0.05, 0) is 89.2 Å². The van der Waals surface area contributed by atoms with Gasteiger partial charge >= 0.3 is 0 Å². The van der Waals surface area contributed by atoms with Crippen LogP contribution in [0.2, 0.25) is 0 Å². The topological polar surface area (TPSA) is 24.4 Å². The van der Waals surface area contributed by atoms with E-state index in [1.807, 2.05) is 0 Å². The lowest BCUT2D eigenvalue weighted by molar-refractivity contribution is 0.393. The number of allylic oxidation sites excluding steroid dienone is 2. The van der Waals surface area contributed by atoms with E-state index < -0.39 is 0 Å². The van der Waals surface area contributed by atoms with Crippen LogP contribution in [0, 0.1) is 5.92 Å². The van der Waals surface area contributed by atoms with Crippen LogP contribution in [0.3, 0.4) is 0 Å². The predicted octanol–water partition coefficient (Wildman–Crippen LogP) is 12.1. The molecule has 3 aliphatic rings. The van der Waals surface area contributed by atoms with Gasteiger partial charge in [-0.2, -0.15) is 0 Å². The molecule has 0 saturated heterocycles. The Hall–Kier alpha value is -5.99. The van der Waals surface area contributed by atoms with Crippen molar-refractivity contribution in [2.45, 2.75) is 31.2 Å². The zero-order chi connectivity index (χ0) is 34.1. The van der Waals surface area contributed by atoms with Crippen LogP contribution in [0.25, 0.3) is 49.1 Å². The average molecular weight is 655 g/mol. The molecule has 51 heavy (non-hydrogen) atoms. The third kappa shape index (κ3) is 4.74. The Labute approximate surface area is 299 Å². The maximum atomic E-state index is 5.35. The highest BCUT2D eigenvalue weighted by Gasteiger charge is 2.47. The van der Waals surface area contributed by atoms with Crippen molar-refractivity contribution in [3.05, 3.63) is 198 Å². The van der Waals surface area contributed by atoms with Crippen molar-refractivity contribution in [3.8, 4) is 11.1 Å². The molecule has 1 heterocycles. The molecule has 0 radical (unpaired) electrons. The van der Waals surface area contributed by atoms with Crippen LogP contribution in [0.1, 0.15) is 48.1 Å². The van der Waals surface area contributed by atoms with Crippen molar-refractivity contribution >= 4 is 43.9 Å². The molecule has 2 heteroatoms. The van der Waals surface area contributed by atoms with Crippen LogP contribution in [-0.4, -0.2) is 5.84 Å². The first-order chi connectivity index (χ1) is 25.0. The van der Waals surface area contributed by atoms with E-state index >= 15 is 0 Å². The fourth-order valence-electron chi connectivity index (χ4n) is 9.03. The summed E-state index contributed by atoms with van der Waals surface area (Å²) in [5, 5.41) is 11.6. The van der Waals surface area contributed by atoms with E-state index in [1.165, 1.54) is 60.1 Å². The third-order valence-corrected chi connectivity index (χ3v) is 11.6. The molecule has 0 spiro atoms. The van der Waals surface area contributed by atoms with Crippen LogP contribution in [0.4, 0.5) is 0 Å². The molecule has 3 atom stereocenters. The van der Waals surface area contributed by atoms with Crippen molar-refractivity contribution in [2.75, 3.05) is 0 Å². The molecular formula is C49H38N2. The van der Waals surface area contributed by atoms with Crippen molar-refractivity contribution < 1.29 is 0 Å². The zero-order valence-corrected chi connectivity index (χ0v) is 28.8. The molecule has 0 fully saturated rings. The van der Waals surface area contributed by atoms with E-state index in [1.54, 1.807) is 0 Å². The Morgan fingerprint density at radius 2 is 1.24 bits per heavy atom. The summed E-state index contributed by atoms with van der Waals surface area (Å²) >= 11 is 0. The number of benzene rings is 7. The molecule has 0 aromatic heterocycles. The molecule has 1 N–H and O–H groups in total. The van der Waals surface area contributed by atoms with Gasteiger partial charge < -0.3 is 5.32 Å². The predicted molar refractivity (Wildman–Crippen MR) is 215 cm³/mol. The van der Waals surface area contributed by atoms with Gasteiger partial charge in [0.1, 0.15) is 5.84 Å². The molecule has 0 amide bonds. The van der Waals surface area contributed by atoms with Gasteiger partial charge in [0, 0.05) is 17.2 Å². The highest BCUT2D eigenvalue weighted by molar-refractivity contribution is 6.17. The molecule has 1 aliphatic heterocycles. The van der Waals surface area contributed by atoms with Crippen LogP contribution in [-0.2, 0) is 5.41 Å². The van der Waals surface area contributed by atoms with E-state index in [4.69, 9.17) is 4.99 Å². The van der Waals surface area contributed by atoms with Gasteiger partial charge in [-0.15, -0.1) is 0 Å². The highest BCUT2D eigenvalue weighted by Crippen LogP contribution is 2.58. The van der Waals surface area contributed by atoms with Gasteiger partial charge in [0.25, 0.3) is 0 Å². The van der Waals surface area contributed by atoms with Crippen LogP contribution in [0.5, 0.6) is 0 Å². The summed E-state index contributed by atoms with van der Waals surface area (Å²) in [6, 6.07) is 52.9. The number of aliphatic imine (C=N–C) groups is 1. The van der Waals surface area contributed by atoms with Gasteiger partial charge in [-0.1, -0.05) is 172 Å². The zero-order valence-electron chi connectivity index (χ0n) is 28.8. The van der Waals surface area contributed by atoms with E-state index in [-0.39, 0.29) is 23.3 Å². The standard InChI is InChI=1S/C49H38N2/c1-49(2)42-29-35(48-50-44(31-15-5-3-6-16-31)30-45(51-48)32-17-7-4-8-18-32)25-26-40(42)47-43(49)28-34-20-10-12-22-37(34)46(47)41-27-33-19-9-11-21-36(33)38-23-13-14-24-39(38)41/h3-30,40,42,44H,1-2H3,(H,50,51). The molecule has 3 unspecified atom stereocenters. The van der Waals surface area contributed by atoms with Crippen molar-refractivity contribution in [2.24, 2.45) is 10.9 Å². The number of rotatable bonds is 4. The van der Waals surface area contributed by atoms with Crippen molar-refractivity contribution in [1.82, 2.24) is 5.32 Å². The summed E-state index contributed by atoms with van der Waals surface area (Å²) in [6.07, 6.45) is 9.56. The lowest BCUT2D eigenvalue weighted by Crippen LogP contribution is -2.31. The summed E-state index contributed by atoms with van der Waals surface area (Å²) < 4.78 is 0. The Bertz CT molecular complexity index is 2640. The van der Waals surface area contributed by atoms with Crippen molar-refractivity contribution in [3.63, 3.8) is 0 Å². The second-order valence-electron chi connectivity index (χ2n) is 14.8. The SMILES string of the molecule is CC1(C)c2cc3ccccc3c(-c3cc4ccccc4c4ccccc34)c2C2C=CC(C3=NC(c4ccccc4)C=C(c4ccccc4)N3)=CC21. The van der Waals surface area contributed by atoms with Crippen LogP contribution in [0.15, 0.2) is 180 Å². The minimum atomic E-state index is -0.104. The molecule has 244 valence electrons. The quantitative estimate of drug-likeness (QED) is 0.188. The van der Waals surface area contributed by atoms with E-state index in [9.17, 15) is 0 Å². The molecule has 10 rings (SSSR count). The fraction of sp³-hybridized carbons (Fsp3) is 0.122. The number of nitrogens with one attached hydrogen (secondary N) is 1. The number of fused-ring (bicyclic) bond motifs is 7. The number of hydrogen-bond acceptors (Lipinski definition) is 2. The summed E-state index contributed by atoms with van der Waals surface area (Å²) in [5.74, 6) is 1.43. The first-order valence-electron chi connectivity index (χ1n) is 18.1. The monoisotopic (exact) mass is 654 g/mol. The number of hydrogen-bond donors (Lipinski definition) is 1. The highest BCUT2D eigenvalue weighted by atomic mass is 15.0. The molecular weight excluding hydrogens is 617 g/mol. The fourth-order valence-corrected chi connectivity index (χ4v) is 9.03. The second kappa shape index (κ2) is 11.5. The Kier molecular flexibility index (Phi) is 6.76. The van der Waals surface area contributed by atoms with Gasteiger partial charge in [0.2, 0.25) is 0 Å². The Morgan fingerprint density at radius 3 is 2.00 bits per heavy atom. The van der Waals surface area contributed by atoms with Gasteiger partial charge in [-0.25, -0.2) is 0 Å². The first-order valence-corrected chi connectivity index (χ1v) is 18.1. The largest absolute Gasteiger partial charge is 0.340 e. The summed E-state index contributed by atoms with van der Waals surface area (Å²) in [5.41, 5.74) is 10.1. The lowest BCUT2D eigenvalue weighted by Gasteiger charge is -2.32. The van der Waals surface area contributed by atoms with E-state index in [0.717, 1.165) is 22.7 Å². The maximum Gasteiger partial charge on any atom is 0.133 e. The first kappa shape index (κ1) is 29.9. The average Bonchev–Trinajstić information content (AvgIpc) is 3.42. The van der Waals surface area contributed by atoms with E-state index in [0.29, 0.717) is 0 Å². The van der Waals surface area contributed by atoms with Crippen LogP contribution >= 0.6 is 0 Å². The van der Waals surface area contributed by atoms with Gasteiger partial charge in [-0.3, -0.25) is 4.99 Å². The molecule has 2 aliphatic carbocycles. The molecule has 2 nitrogen and oxygen atoms in total. The summed E-state index contributed by atoms with van der Waals surface area (Å²) in [4.78, 5) is 5.35. The second-order valence-corrected chi connectivity index (χ2v) is 14.8. The number of amidine groups is 1. The smallest absolute Gasteiger partial charge is 0.133 e. The van der Waals surface area contributed by atoms with Gasteiger partial charge in [0.15, 0.2) is 0 Å². The Balaban J connectivity index is 1.15. The molecule has 7 aromatic carbocycles. The van der Waals surface area contributed by atoms with E-state index in [2.05, 4.69) is 189 Å². The third-order valence-electron chi connectivity index (χ3n) is 11.6. The number of nitrogens with zero attached hydrogens (tertiary/aromatic N) is 1.